The standard InChI is InChI=1S/C21H26N6O2S/c1-14-7-5-11-22-21(14)24-19-10-4-9-18(23-19)17-8-6-12-27(13-17)30(28,29)20-15(2)25-26-16(20)3/h4-5,7,9-11,17H,6,8,12-13H2,1-3H3,(H,25,26)(H,22,23,24)/t17-/m0/s1. The first-order chi connectivity index (χ1) is 14.4. The monoisotopic (exact) mass is 426 g/mol. The maximum Gasteiger partial charge on any atom is 0.246 e. The summed E-state index contributed by atoms with van der Waals surface area (Å²) in [5.41, 5.74) is 2.99. The van der Waals surface area contributed by atoms with Crippen LogP contribution in [-0.4, -0.2) is 46.0 Å². The lowest BCUT2D eigenvalue weighted by atomic mass is 9.95. The molecule has 1 saturated heterocycles. The highest BCUT2D eigenvalue weighted by atomic mass is 32.2. The second-order valence-electron chi connectivity index (χ2n) is 7.71. The van der Waals surface area contributed by atoms with E-state index in [1.54, 1.807) is 24.3 Å². The minimum Gasteiger partial charge on any atom is -0.325 e. The number of aromatic amines is 1. The van der Waals surface area contributed by atoms with Gasteiger partial charge in [-0.3, -0.25) is 5.10 Å². The lowest BCUT2D eigenvalue weighted by Crippen LogP contribution is -2.39. The summed E-state index contributed by atoms with van der Waals surface area (Å²) in [4.78, 5) is 9.40. The topological polar surface area (TPSA) is 104 Å². The van der Waals surface area contributed by atoms with E-state index < -0.39 is 10.0 Å². The van der Waals surface area contributed by atoms with Gasteiger partial charge in [-0.05, 0) is 57.4 Å². The Balaban J connectivity index is 1.56. The second kappa shape index (κ2) is 8.16. The number of piperidine rings is 1. The van der Waals surface area contributed by atoms with Gasteiger partial charge in [0.25, 0.3) is 0 Å². The van der Waals surface area contributed by atoms with Crippen molar-refractivity contribution < 1.29 is 8.42 Å². The third-order valence-corrected chi connectivity index (χ3v) is 7.62. The summed E-state index contributed by atoms with van der Waals surface area (Å²) in [7, 11) is -3.60. The molecule has 0 saturated carbocycles. The van der Waals surface area contributed by atoms with Crippen LogP contribution in [0.2, 0.25) is 0 Å². The lowest BCUT2D eigenvalue weighted by Gasteiger charge is -2.31. The summed E-state index contributed by atoms with van der Waals surface area (Å²) in [6, 6.07) is 9.69. The van der Waals surface area contributed by atoms with Crippen LogP contribution in [0.25, 0.3) is 0 Å². The zero-order valence-corrected chi connectivity index (χ0v) is 18.2. The fourth-order valence-electron chi connectivity index (χ4n) is 3.94. The number of aromatic nitrogens is 4. The van der Waals surface area contributed by atoms with Gasteiger partial charge in [-0.1, -0.05) is 12.1 Å². The summed E-state index contributed by atoms with van der Waals surface area (Å²) in [5, 5.41) is 10.1. The van der Waals surface area contributed by atoms with Crippen LogP contribution >= 0.6 is 0 Å². The van der Waals surface area contributed by atoms with Gasteiger partial charge in [-0.15, -0.1) is 0 Å². The van der Waals surface area contributed by atoms with E-state index in [4.69, 9.17) is 4.98 Å². The highest BCUT2D eigenvalue weighted by Gasteiger charge is 2.34. The Kier molecular flexibility index (Phi) is 5.57. The van der Waals surface area contributed by atoms with Gasteiger partial charge < -0.3 is 5.32 Å². The number of sulfonamides is 1. The molecule has 1 aliphatic heterocycles. The van der Waals surface area contributed by atoms with Gasteiger partial charge in [0, 0.05) is 30.9 Å². The highest BCUT2D eigenvalue weighted by Crippen LogP contribution is 2.31. The largest absolute Gasteiger partial charge is 0.325 e. The fraction of sp³-hybridized carbons (Fsp3) is 0.381. The molecule has 1 aliphatic rings. The van der Waals surface area contributed by atoms with Crippen molar-refractivity contribution in [3.8, 4) is 0 Å². The summed E-state index contributed by atoms with van der Waals surface area (Å²) < 4.78 is 28.0. The van der Waals surface area contributed by atoms with Gasteiger partial charge in [-0.2, -0.15) is 9.40 Å². The minimum atomic E-state index is -3.60. The van der Waals surface area contributed by atoms with Crippen LogP contribution in [0.15, 0.2) is 41.4 Å². The average molecular weight is 427 g/mol. The van der Waals surface area contributed by atoms with E-state index in [1.165, 1.54) is 0 Å². The summed E-state index contributed by atoms with van der Waals surface area (Å²) in [5.74, 6) is 1.50. The number of nitrogens with zero attached hydrogens (tertiary/aromatic N) is 4. The Morgan fingerprint density at radius 2 is 2.00 bits per heavy atom. The van der Waals surface area contributed by atoms with Gasteiger partial charge in [0.05, 0.1) is 11.4 Å². The third-order valence-electron chi connectivity index (χ3n) is 5.49. The zero-order chi connectivity index (χ0) is 21.3. The molecule has 0 amide bonds. The van der Waals surface area contributed by atoms with Crippen molar-refractivity contribution in [3.63, 3.8) is 0 Å². The number of pyridine rings is 2. The van der Waals surface area contributed by atoms with E-state index in [1.807, 2.05) is 37.3 Å². The number of nitrogens with one attached hydrogen (secondary N) is 2. The molecule has 0 aromatic carbocycles. The van der Waals surface area contributed by atoms with Crippen LogP contribution in [0, 0.1) is 20.8 Å². The molecule has 2 N–H and O–H groups in total. The van der Waals surface area contributed by atoms with Crippen LogP contribution in [0.5, 0.6) is 0 Å². The highest BCUT2D eigenvalue weighted by molar-refractivity contribution is 7.89. The van der Waals surface area contributed by atoms with Gasteiger partial charge in [0.1, 0.15) is 16.5 Å². The SMILES string of the molecule is Cc1cccnc1Nc1cccc([C@H]2CCCN(S(=O)(=O)c3c(C)n[nH]c3C)C2)n1. The van der Waals surface area contributed by atoms with E-state index in [9.17, 15) is 8.42 Å². The molecule has 3 aromatic rings. The van der Waals surface area contributed by atoms with Crippen LogP contribution in [-0.2, 0) is 10.0 Å². The molecular formula is C21H26N6O2S. The van der Waals surface area contributed by atoms with Crippen LogP contribution in [0.1, 0.15) is 41.4 Å². The van der Waals surface area contributed by atoms with E-state index in [0.717, 1.165) is 29.9 Å². The van der Waals surface area contributed by atoms with Crippen LogP contribution in [0.3, 0.4) is 0 Å². The second-order valence-corrected chi connectivity index (χ2v) is 9.58. The molecule has 0 bridgehead atoms. The molecule has 4 rings (SSSR count). The molecule has 0 aliphatic carbocycles. The van der Waals surface area contributed by atoms with Crippen molar-refractivity contribution in [1.82, 2.24) is 24.5 Å². The number of rotatable bonds is 5. The van der Waals surface area contributed by atoms with Crippen molar-refractivity contribution >= 4 is 21.7 Å². The number of hydrogen-bond acceptors (Lipinski definition) is 6. The van der Waals surface area contributed by atoms with Crippen molar-refractivity contribution in [3.05, 3.63) is 59.2 Å². The Labute approximate surface area is 176 Å². The van der Waals surface area contributed by atoms with E-state index in [0.29, 0.717) is 30.3 Å². The van der Waals surface area contributed by atoms with Crippen molar-refractivity contribution in [2.24, 2.45) is 0 Å². The Morgan fingerprint density at radius 1 is 1.17 bits per heavy atom. The van der Waals surface area contributed by atoms with E-state index in [2.05, 4.69) is 20.5 Å². The first-order valence-corrected chi connectivity index (χ1v) is 11.5. The minimum absolute atomic E-state index is 0.0348. The van der Waals surface area contributed by atoms with Crippen molar-refractivity contribution in [2.45, 2.75) is 44.4 Å². The van der Waals surface area contributed by atoms with Crippen molar-refractivity contribution in [1.29, 1.82) is 0 Å². The molecule has 0 spiro atoms. The molecule has 30 heavy (non-hydrogen) atoms. The average Bonchev–Trinajstić information content (AvgIpc) is 3.09. The predicted octanol–water partition coefficient (Wildman–Crippen LogP) is 3.44. The van der Waals surface area contributed by atoms with E-state index in [-0.39, 0.29) is 10.8 Å². The Morgan fingerprint density at radius 3 is 2.73 bits per heavy atom. The van der Waals surface area contributed by atoms with Gasteiger partial charge in [0.2, 0.25) is 10.0 Å². The molecule has 0 unspecified atom stereocenters. The molecule has 3 aromatic heterocycles. The molecule has 1 atom stereocenters. The zero-order valence-electron chi connectivity index (χ0n) is 17.4. The van der Waals surface area contributed by atoms with Crippen LogP contribution in [0.4, 0.5) is 11.6 Å². The summed E-state index contributed by atoms with van der Waals surface area (Å²) in [6.45, 7) is 6.36. The molecule has 1 fully saturated rings. The first-order valence-electron chi connectivity index (χ1n) is 10.0. The molecule has 4 heterocycles. The molecule has 0 radical (unpaired) electrons. The first kappa shape index (κ1) is 20.5. The Hall–Kier alpha value is -2.78. The molecule has 8 nitrogen and oxygen atoms in total. The predicted molar refractivity (Wildman–Crippen MR) is 115 cm³/mol. The number of aryl methyl sites for hydroxylation is 3. The van der Waals surface area contributed by atoms with Gasteiger partial charge >= 0.3 is 0 Å². The fourth-order valence-corrected chi connectivity index (χ4v) is 5.79. The van der Waals surface area contributed by atoms with Crippen LogP contribution < -0.4 is 5.32 Å². The maximum absolute atomic E-state index is 13.2. The Bertz CT molecular complexity index is 1140. The number of H-pyrrole nitrogens is 1. The molecule has 9 heteroatoms. The molecular weight excluding hydrogens is 400 g/mol. The van der Waals surface area contributed by atoms with Gasteiger partial charge in [0.15, 0.2) is 0 Å². The maximum atomic E-state index is 13.2. The lowest BCUT2D eigenvalue weighted by molar-refractivity contribution is 0.312. The molecule has 158 valence electrons. The normalized spacial score (nSPS) is 17.8. The third kappa shape index (κ3) is 3.95. The number of hydrogen-bond donors (Lipinski definition) is 2. The van der Waals surface area contributed by atoms with E-state index >= 15 is 0 Å². The van der Waals surface area contributed by atoms with Crippen molar-refractivity contribution in [2.75, 3.05) is 18.4 Å². The van der Waals surface area contributed by atoms with Gasteiger partial charge in [-0.25, -0.2) is 18.4 Å². The summed E-state index contributed by atoms with van der Waals surface area (Å²) >= 11 is 0. The quantitative estimate of drug-likeness (QED) is 0.648. The summed E-state index contributed by atoms with van der Waals surface area (Å²) in [6.07, 6.45) is 3.43. The smallest absolute Gasteiger partial charge is 0.246 e. The number of anilines is 2.